The predicted molar refractivity (Wildman–Crippen MR) is 144 cm³/mol. The highest BCUT2D eigenvalue weighted by molar-refractivity contribution is 7.91. The molecule has 0 saturated carbocycles. The minimum Gasteiger partial charge on any atom is -0.495 e. The van der Waals surface area contributed by atoms with Crippen molar-refractivity contribution in [2.45, 2.75) is 29.5 Å². The van der Waals surface area contributed by atoms with Crippen molar-refractivity contribution >= 4 is 15.7 Å². The largest absolute Gasteiger partial charge is 0.495 e. The van der Waals surface area contributed by atoms with Crippen molar-refractivity contribution in [2.24, 2.45) is 0 Å². The number of benzene rings is 1. The summed E-state index contributed by atoms with van der Waals surface area (Å²) in [5, 5.41) is 4.92. The minimum atomic E-state index is -3.73. The Morgan fingerprint density at radius 3 is 2.49 bits per heavy atom. The van der Waals surface area contributed by atoms with Gasteiger partial charge in [0.05, 0.1) is 51.0 Å². The molecule has 6 rings (SSSR count). The van der Waals surface area contributed by atoms with E-state index in [1.54, 1.807) is 17.0 Å². The summed E-state index contributed by atoms with van der Waals surface area (Å²) in [6, 6.07) is 5.32. The Hall–Kier alpha value is -2.51. The van der Waals surface area contributed by atoms with E-state index in [0.717, 1.165) is 71.0 Å². The first kappa shape index (κ1) is 26.7. The maximum absolute atomic E-state index is 13.7. The highest BCUT2D eigenvalue weighted by Gasteiger charge is 2.40. The lowest BCUT2D eigenvalue weighted by Crippen LogP contribution is -2.44. The van der Waals surface area contributed by atoms with E-state index in [2.05, 4.69) is 9.80 Å². The molecule has 11 nitrogen and oxygen atoms in total. The zero-order chi connectivity index (χ0) is 27.0. The van der Waals surface area contributed by atoms with E-state index in [9.17, 15) is 13.2 Å². The number of likely N-dealkylation sites (tertiary alicyclic amines) is 1. The van der Waals surface area contributed by atoms with Crippen LogP contribution in [0.4, 0.5) is 0 Å². The molecule has 0 bridgehead atoms. The summed E-state index contributed by atoms with van der Waals surface area (Å²) in [7, 11) is -2.25. The Kier molecular flexibility index (Phi) is 7.64. The van der Waals surface area contributed by atoms with Crippen molar-refractivity contribution in [1.82, 2.24) is 24.5 Å². The quantitative estimate of drug-likeness (QED) is 0.518. The van der Waals surface area contributed by atoms with Crippen molar-refractivity contribution < 1.29 is 27.4 Å². The molecule has 0 radical (unpaired) electrons. The molecule has 212 valence electrons. The van der Waals surface area contributed by atoms with Gasteiger partial charge in [0.25, 0.3) is 5.91 Å². The summed E-state index contributed by atoms with van der Waals surface area (Å²) in [4.78, 5) is 20.5. The first-order valence-corrected chi connectivity index (χ1v) is 15.5. The molecule has 3 saturated heterocycles. The predicted octanol–water partition coefficient (Wildman–Crippen LogP) is 1.29. The van der Waals surface area contributed by atoms with Crippen LogP contribution in [0.2, 0.25) is 0 Å². The van der Waals surface area contributed by atoms with Crippen molar-refractivity contribution in [1.29, 1.82) is 0 Å². The molecule has 4 aliphatic rings. The van der Waals surface area contributed by atoms with Gasteiger partial charge < -0.3 is 19.1 Å². The second-order valence-corrected chi connectivity index (χ2v) is 12.6. The summed E-state index contributed by atoms with van der Waals surface area (Å²) >= 11 is 0. The molecule has 12 heteroatoms. The number of piperidine rings is 1. The topological polar surface area (TPSA) is 106 Å². The van der Waals surface area contributed by atoms with Gasteiger partial charge in [-0.25, -0.2) is 8.42 Å². The number of methoxy groups -OCH3 is 1. The molecule has 1 unspecified atom stereocenters. The van der Waals surface area contributed by atoms with E-state index in [0.29, 0.717) is 43.2 Å². The van der Waals surface area contributed by atoms with Gasteiger partial charge in [-0.15, -0.1) is 0 Å². The van der Waals surface area contributed by atoms with Gasteiger partial charge in [0.2, 0.25) is 0 Å². The lowest BCUT2D eigenvalue weighted by molar-refractivity contribution is 0.0294. The van der Waals surface area contributed by atoms with Crippen LogP contribution in [0.15, 0.2) is 23.1 Å². The number of morpholine rings is 2. The highest BCUT2D eigenvalue weighted by atomic mass is 32.2. The summed E-state index contributed by atoms with van der Waals surface area (Å²) in [6.45, 7) is 9.13. The Bertz CT molecular complexity index is 1320. The van der Waals surface area contributed by atoms with Crippen LogP contribution in [-0.4, -0.2) is 125 Å². The molecule has 1 aromatic carbocycles. The molecule has 3 fully saturated rings. The number of nitrogens with zero attached hydrogens (tertiary/aromatic N) is 5. The first-order chi connectivity index (χ1) is 19.0. The molecule has 1 amide bonds. The monoisotopic (exact) mass is 559 g/mol. The average Bonchev–Trinajstić information content (AvgIpc) is 3.35. The van der Waals surface area contributed by atoms with E-state index >= 15 is 0 Å². The lowest BCUT2D eigenvalue weighted by Gasteiger charge is -2.36. The molecule has 1 aromatic heterocycles. The van der Waals surface area contributed by atoms with Gasteiger partial charge in [0, 0.05) is 56.9 Å². The lowest BCUT2D eigenvalue weighted by atomic mass is 10.0. The zero-order valence-electron chi connectivity index (χ0n) is 22.5. The Balaban J connectivity index is 1.37. The van der Waals surface area contributed by atoms with Gasteiger partial charge in [-0.2, -0.15) is 5.10 Å². The normalized spacial score (nSPS) is 23.7. The second kappa shape index (κ2) is 11.2. The average molecular weight is 560 g/mol. The van der Waals surface area contributed by atoms with Crippen molar-refractivity contribution in [3.63, 3.8) is 0 Å². The number of hydrogen-bond acceptors (Lipinski definition) is 9. The Morgan fingerprint density at radius 2 is 1.74 bits per heavy atom. The van der Waals surface area contributed by atoms with Crippen LogP contribution in [0.3, 0.4) is 0 Å². The molecule has 0 aliphatic carbocycles. The molecule has 4 aliphatic heterocycles. The first-order valence-electron chi connectivity index (χ1n) is 13.9. The van der Waals surface area contributed by atoms with E-state index in [-0.39, 0.29) is 28.3 Å². The highest BCUT2D eigenvalue weighted by Crippen LogP contribution is 2.45. The van der Waals surface area contributed by atoms with Crippen molar-refractivity contribution in [2.75, 3.05) is 85.9 Å². The third-order valence-corrected chi connectivity index (χ3v) is 9.98. The molecule has 2 aromatic rings. The summed E-state index contributed by atoms with van der Waals surface area (Å²) in [5.74, 6) is -0.174. The summed E-state index contributed by atoms with van der Waals surface area (Å²) in [5.41, 5.74) is 2.04. The second-order valence-electron chi connectivity index (χ2n) is 10.7. The maximum atomic E-state index is 13.7. The van der Waals surface area contributed by atoms with Gasteiger partial charge >= 0.3 is 0 Å². The summed E-state index contributed by atoms with van der Waals surface area (Å²) in [6.07, 6.45) is 1.93. The third-order valence-electron chi connectivity index (χ3n) is 8.27. The van der Waals surface area contributed by atoms with Crippen LogP contribution in [0.25, 0.3) is 11.3 Å². The zero-order valence-corrected chi connectivity index (χ0v) is 23.3. The molecule has 0 N–H and O–H groups in total. The van der Waals surface area contributed by atoms with Crippen LogP contribution in [0.5, 0.6) is 5.75 Å². The van der Waals surface area contributed by atoms with Crippen molar-refractivity contribution in [3.8, 4) is 17.0 Å². The molecule has 1 atom stereocenters. The third kappa shape index (κ3) is 5.20. The number of aromatic nitrogens is 2. The van der Waals surface area contributed by atoms with Crippen LogP contribution in [0.1, 0.15) is 34.9 Å². The van der Waals surface area contributed by atoms with Crippen LogP contribution in [0, 0.1) is 0 Å². The summed E-state index contributed by atoms with van der Waals surface area (Å²) < 4.78 is 45.5. The standard InChI is InChI=1S/C27H37N5O6S/c1-36-23-6-2-5-21-25-22(19-39(34,35)26(21)23)24(27(33)31-12-16-38-17-13-31)28-32(25)20-4-3-7-30(18-20)9-8-29-10-14-37-15-11-29/h2,5-6,20H,3-4,7-19H2,1H3. The smallest absolute Gasteiger partial charge is 0.274 e. The fraction of sp³-hybridized carbons (Fsp3) is 0.630. The maximum Gasteiger partial charge on any atom is 0.274 e. The van der Waals surface area contributed by atoms with Gasteiger partial charge in [0.1, 0.15) is 10.6 Å². The number of sulfone groups is 1. The minimum absolute atomic E-state index is 0.0308. The number of hydrogen-bond donors (Lipinski definition) is 0. The van der Waals surface area contributed by atoms with Crippen LogP contribution in [-0.2, 0) is 25.1 Å². The number of rotatable bonds is 6. The number of fused-ring (bicyclic) bond motifs is 3. The van der Waals surface area contributed by atoms with Gasteiger partial charge in [-0.3, -0.25) is 19.3 Å². The van der Waals surface area contributed by atoms with Crippen LogP contribution >= 0.6 is 0 Å². The van der Waals surface area contributed by atoms with E-state index in [1.807, 2.05) is 10.7 Å². The van der Waals surface area contributed by atoms with Crippen molar-refractivity contribution in [3.05, 3.63) is 29.5 Å². The Labute approximate surface area is 229 Å². The van der Waals surface area contributed by atoms with Gasteiger partial charge in [-0.1, -0.05) is 12.1 Å². The molecule has 0 spiro atoms. The fourth-order valence-electron chi connectivity index (χ4n) is 6.23. The SMILES string of the molecule is COc1cccc2c1S(=O)(=O)Cc1c(C(=O)N3CCOCC3)nn(C3CCCN(CCN4CCOCC4)C3)c1-2. The molecule has 39 heavy (non-hydrogen) atoms. The number of carbonyl (C=O) groups is 1. The van der Waals surface area contributed by atoms with E-state index < -0.39 is 9.84 Å². The van der Waals surface area contributed by atoms with E-state index in [4.69, 9.17) is 19.3 Å². The van der Waals surface area contributed by atoms with E-state index in [1.165, 1.54) is 7.11 Å². The molecular weight excluding hydrogens is 522 g/mol. The van der Waals surface area contributed by atoms with Gasteiger partial charge in [-0.05, 0) is 25.5 Å². The van der Waals surface area contributed by atoms with Gasteiger partial charge in [0.15, 0.2) is 15.5 Å². The number of ether oxygens (including phenoxy) is 3. The fourth-order valence-corrected chi connectivity index (χ4v) is 7.99. The number of carbonyl (C=O) groups excluding carboxylic acids is 1. The molecular formula is C27H37N5O6S. The Morgan fingerprint density at radius 1 is 1.03 bits per heavy atom. The molecule has 5 heterocycles. The number of amides is 1. The van der Waals surface area contributed by atoms with Crippen LogP contribution < -0.4 is 4.74 Å².